The molecule has 0 aromatic heterocycles. The summed E-state index contributed by atoms with van der Waals surface area (Å²) in [6.07, 6.45) is 1.42. The van der Waals surface area contributed by atoms with E-state index >= 15 is 0 Å². The highest BCUT2D eigenvalue weighted by Gasteiger charge is 2.05. The van der Waals surface area contributed by atoms with Crippen molar-refractivity contribution in [2.24, 2.45) is 4.99 Å². The van der Waals surface area contributed by atoms with E-state index in [1.807, 2.05) is 32.0 Å². The maximum atomic E-state index is 11.3. The van der Waals surface area contributed by atoms with E-state index in [0.717, 1.165) is 16.8 Å². The Hall–Kier alpha value is -1.90. The summed E-state index contributed by atoms with van der Waals surface area (Å²) in [5.74, 6) is -0.201. The molecule has 0 amide bonds. The minimum atomic E-state index is -0.194. The van der Waals surface area contributed by atoms with E-state index in [0.29, 0.717) is 0 Å². The molecule has 0 saturated heterocycles. The number of hydrogen-bond acceptors (Lipinski definition) is 3. The Morgan fingerprint density at radius 2 is 1.76 bits per heavy atom. The fraction of sp³-hybridized carbons (Fsp3) is 0.286. The van der Waals surface area contributed by atoms with Crippen LogP contribution < -0.4 is 0 Å². The number of nitrogens with zero attached hydrogens (tertiary/aromatic N) is 1. The number of rotatable bonds is 3. The van der Waals surface area contributed by atoms with Crippen molar-refractivity contribution < 1.29 is 9.90 Å². The average Bonchev–Trinajstić information content (AvgIpc) is 2.21. The Labute approximate surface area is 102 Å². The minimum Gasteiger partial charge on any atom is -0.512 e. The normalized spacial score (nSPS) is 12.7. The van der Waals surface area contributed by atoms with Crippen molar-refractivity contribution in [2.45, 2.75) is 27.7 Å². The molecule has 0 unspecified atom stereocenters. The Balaban J connectivity index is 3.14. The van der Waals surface area contributed by atoms with Crippen LogP contribution in [0.5, 0.6) is 0 Å². The standard InChI is InChI=1S/C14H17NO2/c1-9-6-5-7-10(2)14(9)15-8-13(11(3)16)12(4)17/h5-8,16H,1-4H3/b13-11+,15-8?. The summed E-state index contributed by atoms with van der Waals surface area (Å²) in [5.41, 5.74) is 3.17. The number of carbonyl (C=O) groups excluding carboxylic acids is 1. The van der Waals surface area contributed by atoms with Gasteiger partial charge in [0.2, 0.25) is 0 Å². The summed E-state index contributed by atoms with van der Waals surface area (Å²) in [5, 5.41) is 9.37. The van der Waals surface area contributed by atoms with Crippen LogP contribution in [0.25, 0.3) is 0 Å². The number of aryl methyl sites for hydroxylation is 2. The second kappa shape index (κ2) is 5.43. The second-order valence-corrected chi connectivity index (χ2v) is 4.05. The van der Waals surface area contributed by atoms with Crippen LogP contribution in [0.15, 0.2) is 34.5 Å². The van der Waals surface area contributed by atoms with E-state index in [2.05, 4.69) is 4.99 Å². The first kappa shape index (κ1) is 13.2. The Morgan fingerprint density at radius 3 is 2.18 bits per heavy atom. The van der Waals surface area contributed by atoms with Gasteiger partial charge < -0.3 is 5.11 Å². The van der Waals surface area contributed by atoms with Crippen molar-refractivity contribution in [2.75, 3.05) is 0 Å². The van der Waals surface area contributed by atoms with E-state index in [9.17, 15) is 9.90 Å². The molecule has 0 saturated carbocycles. The first-order valence-corrected chi connectivity index (χ1v) is 5.44. The largest absolute Gasteiger partial charge is 0.512 e. The van der Waals surface area contributed by atoms with Crippen molar-refractivity contribution in [3.05, 3.63) is 40.7 Å². The third kappa shape index (κ3) is 3.28. The molecule has 3 nitrogen and oxygen atoms in total. The number of ketones is 1. The summed E-state index contributed by atoms with van der Waals surface area (Å²) in [4.78, 5) is 15.6. The van der Waals surface area contributed by atoms with Crippen molar-refractivity contribution in [3.8, 4) is 0 Å². The zero-order valence-electron chi connectivity index (χ0n) is 10.6. The lowest BCUT2D eigenvalue weighted by Gasteiger charge is -2.04. The predicted molar refractivity (Wildman–Crippen MR) is 70.1 cm³/mol. The number of para-hydroxylation sites is 1. The van der Waals surface area contributed by atoms with Crippen molar-refractivity contribution in [1.29, 1.82) is 0 Å². The number of aliphatic imine (C=N–C) groups is 1. The maximum Gasteiger partial charge on any atom is 0.164 e. The Morgan fingerprint density at radius 1 is 1.24 bits per heavy atom. The van der Waals surface area contributed by atoms with Crippen LogP contribution in [0, 0.1) is 13.8 Å². The van der Waals surface area contributed by atoms with Crippen molar-refractivity contribution in [1.82, 2.24) is 0 Å². The van der Waals surface area contributed by atoms with Gasteiger partial charge in [-0.3, -0.25) is 9.79 Å². The fourth-order valence-electron chi connectivity index (χ4n) is 1.58. The van der Waals surface area contributed by atoms with Crippen LogP contribution in [-0.4, -0.2) is 17.1 Å². The first-order chi connectivity index (χ1) is 7.93. The van der Waals surface area contributed by atoms with Gasteiger partial charge in [-0.1, -0.05) is 18.2 Å². The van der Waals surface area contributed by atoms with E-state index in [-0.39, 0.29) is 17.1 Å². The van der Waals surface area contributed by atoms with Gasteiger partial charge in [0.25, 0.3) is 0 Å². The molecule has 0 fully saturated rings. The highest BCUT2D eigenvalue weighted by molar-refractivity contribution is 6.13. The molecule has 0 aliphatic carbocycles. The maximum absolute atomic E-state index is 11.3. The molecule has 1 aromatic rings. The molecule has 0 spiro atoms. The van der Waals surface area contributed by atoms with Gasteiger partial charge in [-0.15, -0.1) is 0 Å². The van der Waals surface area contributed by atoms with Gasteiger partial charge in [0.1, 0.15) is 5.76 Å². The molecule has 17 heavy (non-hydrogen) atoms. The third-order valence-electron chi connectivity index (χ3n) is 2.53. The minimum absolute atomic E-state index is 0.00696. The predicted octanol–water partition coefficient (Wildman–Crippen LogP) is 3.43. The van der Waals surface area contributed by atoms with Crippen molar-refractivity contribution >= 4 is 17.7 Å². The third-order valence-corrected chi connectivity index (χ3v) is 2.53. The van der Waals surface area contributed by atoms with Gasteiger partial charge in [0.05, 0.1) is 11.3 Å². The number of aliphatic hydroxyl groups is 1. The fourth-order valence-corrected chi connectivity index (χ4v) is 1.58. The molecular formula is C14H17NO2. The number of carbonyl (C=O) groups is 1. The molecule has 90 valence electrons. The van der Waals surface area contributed by atoms with Crippen LogP contribution >= 0.6 is 0 Å². The van der Waals surface area contributed by atoms with Gasteiger partial charge in [0, 0.05) is 6.21 Å². The zero-order chi connectivity index (χ0) is 13.0. The lowest BCUT2D eigenvalue weighted by atomic mass is 10.1. The summed E-state index contributed by atoms with van der Waals surface area (Å²) in [6, 6.07) is 5.88. The van der Waals surface area contributed by atoms with Crippen LogP contribution in [0.1, 0.15) is 25.0 Å². The lowest BCUT2D eigenvalue weighted by Crippen LogP contribution is -2.01. The summed E-state index contributed by atoms with van der Waals surface area (Å²) in [7, 11) is 0. The molecular weight excluding hydrogens is 214 g/mol. The molecule has 0 aliphatic rings. The highest BCUT2D eigenvalue weighted by atomic mass is 16.3. The highest BCUT2D eigenvalue weighted by Crippen LogP contribution is 2.22. The summed E-state index contributed by atoms with van der Waals surface area (Å²) >= 11 is 0. The van der Waals surface area contributed by atoms with E-state index in [1.54, 1.807) is 0 Å². The average molecular weight is 231 g/mol. The molecule has 0 atom stereocenters. The van der Waals surface area contributed by atoms with Crippen LogP contribution in [0.2, 0.25) is 0 Å². The number of benzene rings is 1. The summed E-state index contributed by atoms with van der Waals surface area (Å²) < 4.78 is 0. The zero-order valence-corrected chi connectivity index (χ0v) is 10.6. The molecule has 0 heterocycles. The Kier molecular flexibility index (Phi) is 4.21. The number of allylic oxidation sites excluding steroid dienone is 2. The van der Waals surface area contributed by atoms with Gasteiger partial charge >= 0.3 is 0 Å². The SMILES string of the molecule is CC(=O)/C(C=Nc1c(C)cccc1C)=C(\C)O. The van der Waals surface area contributed by atoms with Crippen LogP contribution in [0.3, 0.4) is 0 Å². The number of Topliss-reactive ketones (excluding diaryl/α,β-unsaturated/α-hetero) is 1. The lowest BCUT2D eigenvalue weighted by molar-refractivity contribution is -0.113. The van der Waals surface area contributed by atoms with Crippen LogP contribution in [0.4, 0.5) is 5.69 Å². The van der Waals surface area contributed by atoms with E-state index < -0.39 is 0 Å². The first-order valence-electron chi connectivity index (χ1n) is 5.44. The van der Waals surface area contributed by atoms with Crippen LogP contribution in [-0.2, 0) is 4.79 Å². The molecule has 0 bridgehead atoms. The number of hydrogen-bond donors (Lipinski definition) is 1. The molecule has 1 rings (SSSR count). The Bertz CT molecular complexity index is 475. The number of aliphatic hydroxyl groups excluding tert-OH is 1. The smallest absolute Gasteiger partial charge is 0.164 e. The quantitative estimate of drug-likeness (QED) is 0.492. The van der Waals surface area contributed by atoms with Crippen molar-refractivity contribution in [3.63, 3.8) is 0 Å². The van der Waals surface area contributed by atoms with Gasteiger partial charge in [-0.25, -0.2) is 0 Å². The molecule has 3 heteroatoms. The van der Waals surface area contributed by atoms with Gasteiger partial charge in [0.15, 0.2) is 5.78 Å². The molecule has 0 aliphatic heterocycles. The molecule has 1 aromatic carbocycles. The van der Waals surface area contributed by atoms with Gasteiger partial charge in [-0.05, 0) is 38.8 Å². The topological polar surface area (TPSA) is 49.7 Å². The van der Waals surface area contributed by atoms with E-state index in [4.69, 9.17) is 0 Å². The van der Waals surface area contributed by atoms with Gasteiger partial charge in [-0.2, -0.15) is 0 Å². The molecule has 1 N–H and O–H groups in total. The second-order valence-electron chi connectivity index (χ2n) is 4.05. The monoisotopic (exact) mass is 231 g/mol. The summed E-state index contributed by atoms with van der Waals surface area (Å²) in [6.45, 7) is 6.81. The molecule has 0 radical (unpaired) electrons. The van der Waals surface area contributed by atoms with E-state index in [1.165, 1.54) is 20.1 Å².